The fourth-order valence-corrected chi connectivity index (χ4v) is 6.95. The second-order valence-corrected chi connectivity index (χ2v) is 9.41. The van der Waals surface area contributed by atoms with Crippen LogP contribution in [0.5, 0.6) is 5.75 Å². The Morgan fingerprint density at radius 3 is 2.61 bits per heavy atom. The minimum atomic E-state index is 0.527. The van der Waals surface area contributed by atoms with E-state index in [1.165, 1.54) is 44.1 Å². The molecule has 1 aromatic carbocycles. The van der Waals surface area contributed by atoms with Crippen LogP contribution in [0.4, 0.5) is 0 Å². The number of rotatable bonds is 1. The van der Waals surface area contributed by atoms with Gasteiger partial charge in [0.25, 0.3) is 0 Å². The highest BCUT2D eigenvalue weighted by Gasteiger charge is 2.56. The van der Waals surface area contributed by atoms with E-state index in [0.717, 1.165) is 23.5 Å². The maximum atomic E-state index is 5.54. The third kappa shape index (κ3) is 2.11. The average Bonchev–Trinajstić information content (AvgIpc) is 2.86. The molecule has 4 atom stereocenters. The summed E-state index contributed by atoms with van der Waals surface area (Å²) in [5.41, 5.74) is 5.79. The molecule has 1 nitrogen and oxygen atoms in total. The summed E-state index contributed by atoms with van der Waals surface area (Å²) in [5, 5.41) is 0. The molecule has 0 N–H and O–H groups in total. The van der Waals surface area contributed by atoms with E-state index in [-0.39, 0.29) is 0 Å². The van der Waals surface area contributed by atoms with E-state index in [1.807, 2.05) is 0 Å². The highest BCUT2D eigenvalue weighted by Crippen LogP contribution is 2.65. The number of fused-ring (bicyclic) bond motifs is 5. The molecule has 1 heteroatoms. The average molecular weight is 312 g/mol. The molecule has 23 heavy (non-hydrogen) atoms. The molecule has 126 valence electrons. The predicted molar refractivity (Wildman–Crippen MR) is 96.1 cm³/mol. The van der Waals surface area contributed by atoms with Crippen molar-refractivity contribution in [3.63, 3.8) is 0 Å². The quantitative estimate of drug-likeness (QED) is 0.628. The van der Waals surface area contributed by atoms with E-state index >= 15 is 0 Å². The lowest BCUT2D eigenvalue weighted by molar-refractivity contribution is -0.0771. The minimum Gasteiger partial charge on any atom is -0.497 e. The highest BCUT2D eigenvalue weighted by atomic mass is 16.5. The summed E-state index contributed by atoms with van der Waals surface area (Å²) in [4.78, 5) is 0. The van der Waals surface area contributed by atoms with Crippen LogP contribution in [-0.4, -0.2) is 7.11 Å². The Morgan fingerprint density at radius 2 is 1.87 bits per heavy atom. The van der Waals surface area contributed by atoms with Crippen LogP contribution in [0.1, 0.15) is 75.5 Å². The van der Waals surface area contributed by atoms with Crippen LogP contribution in [-0.2, 0) is 6.42 Å². The van der Waals surface area contributed by atoms with Gasteiger partial charge in [0, 0.05) is 0 Å². The summed E-state index contributed by atoms with van der Waals surface area (Å²) in [5.74, 6) is 3.60. The Hall–Kier alpha value is -0.980. The van der Waals surface area contributed by atoms with Gasteiger partial charge in [0.1, 0.15) is 5.75 Å². The molecule has 0 amide bonds. The van der Waals surface area contributed by atoms with Crippen LogP contribution in [0.2, 0.25) is 0 Å². The van der Waals surface area contributed by atoms with Gasteiger partial charge in [-0.15, -0.1) is 0 Å². The van der Waals surface area contributed by atoms with E-state index in [9.17, 15) is 0 Å². The van der Waals surface area contributed by atoms with Crippen molar-refractivity contribution in [3.05, 3.63) is 28.8 Å². The third-order valence-corrected chi connectivity index (χ3v) is 7.87. The number of ether oxygens (including phenoxy) is 1. The van der Waals surface area contributed by atoms with E-state index in [2.05, 4.69) is 39.8 Å². The topological polar surface area (TPSA) is 9.23 Å². The van der Waals surface area contributed by atoms with Crippen molar-refractivity contribution in [1.29, 1.82) is 0 Å². The molecule has 0 bridgehead atoms. The molecular weight excluding hydrogens is 280 g/mol. The van der Waals surface area contributed by atoms with E-state index in [4.69, 9.17) is 4.74 Å². The Labute approximate surface area is 141 Å². The zero-order valence-corrected chi connectivity index (χ0v) is 15.5. The molecule has 3 aliphatic rings. The van der Waals surface area contributed by atoms with Crippen LogP contribution < -0.4 is 4.74 Å². The van der Waals surface area contributed by atoms with Gasteiger partial charge in [-0.25, -0.2) is 0 Å². The maximum absolute atomic E-state index is 5.54. The molecule has 4 rings (SSSR count). The number of benzene rings is 1. The zero-order valence-electron chi connectivity index (χ0n) is 15.5. The monoisotopic (exact) mass is 312 g/mol. The van der Waals surface area contributed by atoms with Crippen molar-refractivity contribution < 1.29 is 4.74 Å². The molecule has 0 spiro atoms. The van der Waals surface area contributed by atoms with Crippen LogP contribution in [0, 0.1) is 29.6 Å². The summed E-state index contributed by atoms with van der Waals surface area (Å²) in [6.07, 6.45) is 8.38. The Kier molecular flexibility index (Phi) is 3.38. The zero-order chi connectivity index (χ0) is 16.4. The van der Waals surface area contributed by atoms with Crippen molar-refractivity contribution in [1.82, 2.24) is 0 Å². The Morgan fingerprint density at radius 1 is 1.09 bits per heavy atom. The van der Waals surface area contributed by atoms with Crippen molar-refractivity contribution in [3.8, 4) is 5.75 Å². The van der Waals surface area contributed by atoms with Crippen LogP contribution >= 0.6 is 0 Å². The van der Waals surface area contributed by atoms with Gasteiger partial charge in [-0.2, -0.15) is 0 Å². The molecule has 0 aromatic heterocycles. The van der Waals surface area contributed by atoms with Gasteiger partial charge in [-0.05, 0) is 96.4 Å². The fourth-order valence-electron chi connectivity index (χ4n) is 6.95. The summed E-state index contributed by atoms with van der Waals surface area (Å²) < 4.78 is 5.54. The largest absolute Gasteiger partial charge is 0.497 e. The molecular formula is C22H32O. The normalized spacial score (nSPS) is 37.7. The number of methoxy groups -OCH3 is 1. The van der Waals surface area contributed by atoms with Crippen LogP contribution in [0.25, 0.3) is 0 Å². The molecule has 4 unspecified atom stereocenters. The van der Waals surface area contributed by atoms with Gasteiger partial charge in [0.15, 0.2) is 0 Å². The van der Waals surface area contributed by atoms with Crippen LogP contribution in [0.3, 0.4) is 0 Å². The standard InChI is InChI=1S/C22H32O/c1-14-11-16(23-5)12-15-13-18-17(20(14)15)7-8-19-21(2,3)9-6-10-22(18,19)4/h11-12,17-19H,6-10,13H2,1-5H3. The number of aryl methyl sites for hydroxylation is 1. The highest BCUT2D eigenvalue weighted by molar-refractivity contribution is 5.48. The molecule has 2 fully saturated rings. The third-order valence-electron chi connectivity index (χ3n) is 7.87. The molecule has 0 radical (unpaired) electrons. The molecule has 3 aliphatic carbocycles. The molecule has 1 aromatic rings. The SMILES string of the molecule is COc1cc(C)c2c(c1)CC1C2CCC2C(C)(C)CCCC12C. The molecule has 0 aliphatic heterocycles. The molecule has 0 saturated heterocycles. The van der Waals surface area contributed by atoms with Crippen molar-refractivity contribution in [2.24, 2.45) is 22.7 Å². The molecule has 0 heterocycles. The fraction of sp³-hybridized carbons (Fsp3) is 0.727. The van der Waals surface area contributed by atoms with E-state index in [1.54, 1.807) is 18.2 Å². The summed E-state index contributed by atoms with van der Waals surface area (Å²) in [6.45, 7) is 9.99. The Balaban J connectivity index is 1.76. The van der Waals surface area contributed by atoms with E-state index in [0.29, 0.717) is 10.8 Å². The van der Waals surface area contributed by atoms with Gasteiger partial charge < -0.3 is 4.74 Å². The van der Waals surface area contributed by atoms with Gasteiger partial charge in [-0.3, -0.25) is 0 Å². The van der Waals surface area contributed by atoms with Crippen LogP contribution in [0.15, 0.2) is 12.1 Å². The smallest absolute Gasteiger partial charge is 0.119 e. The summed E-state index contributed by atoms with van der Waals surface area (Å²) >= 11 is 0. The second kappa shape index (κ2) is 5.01. The first kappa shape index (κ1) is 15.5. The lowest BCUT2D eigenvalue weighted by Crippen LogP contribution is -2.50. The predicted octanol–water partition coefficient (Wildman–Crippen LogP) is 5.89. The van der Waals surface area contributed by atoms with Crippen molar-refractivity contribution in [2.75, 3.05) is 7.11 Å². The first-order valence-electron chi connectivity index (χ1n) is 9.54. The van der Waals surface area contributed by atoms with E-state index < -0.39 is 0 Å². The lowest BCUT2D eigenvalue weighted by Gasteiger charge is -2.58. The van der Waals surface area contributed by atoms with Gasteiger partial charge >= 0.3 is 0 Å². The summed E-state index contributed by atoms with van der Waals surface area (Å²) in [7, 11) is 1.80. The minimum absolute atomic E-state index is 0.527. The first-order valence-corrected chi connectivity index (χ1v) is 9.54. The Bertz CT molecular complexity index is 629. The molecule has 2 saturated carbocycles. The first-order chi connectivity index (χ1) is 10.9. The van der Waals surface area contributed by atoms with Crippen molar-refractivity contribution >= 4 is 0 Å². The number of hydrogen-bond acceptors (Lipinski definition) is 1. The van der Waals surface area contributed by atoms with Gasteiger partial charge in [0.05, 0.1) is 7.11 Å². The lowest BCUT2D eigenvalue weighted by atomic mass is 9.46. The van der Waals surface area contributed by atoms with Gasteiger partial charge in [-0.1, -0.05) is 27.2 Å². The second-order valence-electron chi connectivity index (χ2n) is 9.41. The maximum Gasteiger partial charge on any atom is 0.119 e. The van der Waals surface area contributed by atoms with Crippen molar-refractivity contribution in [2.45, 2.75) is 72.1 Å². The summed E-state index contributed by atoms with van der Waals surface area (Å²) in [6, 6.07) is 4.58. The number of hydrogen-bond donors (Lipinski definition) is 0. The van der Waals surface area contributed by atoms with Gasteiger partial charge in [0.2, 0.25) is 0 Å².